The fourth-order valence-electron chi connectivity index (χ4n) is 2.01. The van der Waals surface area contributed by atoms with Crippen molar-refractivity contribution in [3.63, 3.8) is 0 Å². The molecule has 0 heterocycles. The summed E-state index contributed by atoms with van der Waals surface area (Å²) in [6.07, 6.45) is 0. The van der Waals surface area contributed by atoms with Crippen LogP contribution < -0.4 is 10.1 Å². The number of rotatable bonds is 5. The fraction of sp³-hybridized carbons (Fsp3) is 0.250. The van der Waals surface area contributed by atoms with Gasteiger partial charge in [0, 0.05) is 17.7 Å². The molecule has 0 aliphatic rings. The van der Waals surface area contributed by atoms with Crippen LogP contribution in [0.3, 0.4) is 0 Å². The Morgan fingerprint density at radius 3 is 2.55 bits per heavy atom. The third kappa shape index (κ3) is 3.33. The number of halogens is 2. The van der Waals surface area contributed by atoms with Gasteiger partial charge in [-0.25, -0.2) is 8.78 Å². The van der Waals surface area contributed by atoms with Gasteiger partial charge in [-0.05, 0) is 31.7 Å². The highest BCUT2D eigenvalue weighted by Crippen LogP contribution is 2.30. The molecule has 0 amide bonds. The van der Waals surface area contributed by atoms with Gasteiger partial charge in [-0.3, -0.25) is 0 Å². The molecule has 0 aliphatic carbocycles. The van der Waals surface area contributed by atoms with E-state index in [1.807, 2.05) is 38.1 Å². The molecule has 1 atom stereocenters. The van der Waals surface area contributed by atoms with Crippen LogP contribution in [-0.4, -0.2) is 6.54 Å². The van der Waals surface area contributed by atoms with Gasteiger partial charge in [0.1, 0.15) is 11.5 Å². The first-order chi connectivity index (χ1) is 9.61. The maximum atomic E-state index is 13.2. The van der Waals surface area contributed by atoms with Gasteiger partial charge >= 0.3 is 0 Å². The van der Waals surface area contributed by atoms with E-state index in [1.165, 1.54) is 6.07 Å². The van der Waals surface area contributed by atoms with Crippen molar-refractivity contribution in [2.24, 2.45) is 0 Å². The van der Waals surface area contributed by atoms with E-state index in [0.717, 1.165) is 24.2 Å². The third-order valence-corrected chi connectivity index (χ3v) is 3.01. The van der Waals surface area contributed by atoms with Crippen molar-refractivity contribution < 1.29 is 13.5 Å². The van der Waals surface area contributed by atoms with Gasteiger partial charge in [0.2, 0.25) is 0 Å². The van der Waals surface area contributed by atoms with E-state index in [9.17, 15) is 8.78 Å². The molecule has 1 N–H and O–H groups in total. The van der Waals surface area contributed by atoms with Crippen molar-refractivity contribution in [3.05, 3.63) is 59.7 Å². The molecule has 2 aromatic rings. The molecule has 0 fully saturated rings. The van der Waals surface area contributed by atoms with Crippen LogP contribution in [-0.2, 0) is 0 Å². The second-order valence-electron chi connectivity index (χ2n) is 4.50. The SMILES string of the molecule is CCNC(C)c1ccccc1Oc1ccc(F)c(F)c1. The highest BCUT2D eigenvalue weighted by Gasteiger charge is 2.11. The van der Waals surface area contributed by atoms with E-state index in [4.69, 9.17) is 4.74 Å². The van der Waals surface area contributed by atoms with Gasteiger partial charge in [-0.1, -0.05) is 25.1 Å². The van der Waals surface area contributed by atoms with Crippen LogP contribution in [0.4, 0.5) is 8.78 Å². The molecule has 1 unspecified atom stereocenters. The summed E-state index contributed by atoms with van der Waals surface area (Å²) in [6, 6.07) is 11.1. The van der Waals surface area contributed by atoms with E-state index < -0.39 is 11.6 Å². The molecule has 4 heteroatoms. The van der Waals surface area contributed by atoms with E-state index >= 15 is 0 Å². The molecular formula is C16H17F2NO. The standard InChI is InChI=1S/C16H17F2NO/c1-3-19-11(2)13-6-4-5-7-16(13)20-12-8-9-14(17)15(18)10-12/h4-11,19H,3H2,1-2H3. The van der Waals surface area contributed by atoms with Crippen molar-refractivity contribution in [1.29, 1.82) is 0 Å². The number of nitrogens with one attached hydrogen (secondary N) is 1. The maximum absolute atomic E-state index is 13.2. The summed E-state index contributed by atoms with van der Waals surface area (Å²) in [5, 5.41) is 3.29. The summed E-state index contributed by atoms with van der Waals surface area (Å²) in [4.78, 5) is 0. The summed E-state index contributed by atoms with van der Waals surface area (Å²) < 4.78 is 31.8. The molecule has 2 aromatic carbocycles. The van der Waals surface area contributed by atoms with E-state index in [0.29, 0.717) is 5.75 Å². The minimum Gasteiger partial charge on any atom is -0.457 e. The zero-order valence-corrected chi connectivity index (χ0v) is 11.5. The van der Waals surface area contributed by atoms with Crippen LogP contribution >= 0.6 is 0 Å². The summed E-state index contributed by atoms with van der Waals surface area (Å²) in [5.41, 5.74) is 0.971. The van der Waals surface area contributed by atoms with Crippen LogP contribution in [0.15, 0.2) is 42.5 Å². The zero-order chi connectivity index (χ0) is 14.5. The van der Waals surface area contributed by atoms with E-state index in [2.05, 4.69) is 5.32 Å². The quantitative estimate of drug-likeness (QED) is 0.873. The minimum atomic E-state index is -0.917. The first kappa shape index (κ1) is 14.5. The van der Waals surface area contributed by atoms with E-state index in [-0.39, 0.29) is 11.8 Å². The molecule has 2 nitrogen and oxygen atoms in total. The monoisotopic (exact) mass is 277 g/mol. The Kier molecular flexibility index (Phi) is 4.69. The second kappa shape index (κ2) is 6.48. The molecule has 0 spiro atoms. The topological polar surface area (TPSA) is 21.3 Å². The van der Waals surface area contributed by atoms with Crippen molar-refractivity contribution in [1.82, 2.24) is 5.32 Å². The Morgan fingerprint density at radius 2 is 1.85 bits per heavy atom. The number of ether oxygens (including phenoxy) is 1. The average Bonchev–Trinajstić information content (AvgIpc) is 2.44. The zero-order valence-electron chi connectivity index (χ0n) is 11.5. The Labute approximate surface area is 117 Å². The lowest BCUT2D eigenvalue weighted by Gasteiger charge is -2.17. The number of benzene rings is 2. The molecule has 20 heavy (non-hydrogen) atoms. The molecule has 106 valence electrons. The Hall–Kier alpha value is -1.94. The lowest BCUT2D eigenvalue weighted by molar-refractivity contribution is 0.449. The Morgan fingerprint density at radius 1 is 1.10 bits per heavy atom. The molecule has 0 bridgehead atoms. The van der Waals surface area contributed by atoms with Crippen LogP contribution in [0.5, 0.6) is 11.5 Å². The van der Waals surface area contributed by atoms with Crippen LogP contribution in [0.1, 0.15) is 25.5 Å². The molecular weight excluding hydrogens is 260 g/mol. The number of hydrogen-bond acceptors (Lipinski definition) is 2. The predicted octanol–water partition coefficient (Wildman–Crippen LogP) is 4.43. The van der Waals surface area contributed by atoms with Crippen LogP contribution in [0.2, 0.25) is 0 Å². The van der Waals surface area contributed by atoms with Crippen molar-refractivity contribution in [3.8, 4) is 11.5 Å². The minimum absolute atomic E-state index is 0.112. The second-order valence-corrected chi connectivity index (χ2v) is 4.50. The van der Waals surface area contributed by atoms with Gasteiger partial charge < -0.3 is 10.1 Å². The highest BCUT2D eigenvalue weighted by molar-refractivity contribution is 5.39. The van der Waals surface area contributed by atoms with Crippen molar-refractivity contribution in [2.45, 2.75) is 19.9 Å². The van der Waals surface area contributed by atoms with Gasteiger partial charge in [0.05, 0.1) is 0 Å². The van der Waals surface area contributed by atoms with Crippen LogP contribution in [0.25, 0.3) is 0 Å². The van der Waals surface area contributed by atoms with Crippen molar-refractivity contribution in [2.75, 3.05) is 6.54 Å². The smallest absolute Gasteiger partial charge is 0.162 e. The Bertz CT molecular complexity index is 586. The molecule has 0 saturated heterocycles. The summed E-state index contributed by atoms with van der Waals surface area (Å²) in [7, 11) is 0. The first-order valence-electron chi connectivity index (χ1n) is 6.57. The fourth-order valence-corrected chi connectivity index (χ4v) is 2.01. The van der Waals surface area contributed by atoms with Gasteiger partial charge in [-0.2, -0.15) is 0 Å². The molecule has 0 radical (unpaired) electrons. The van der Waals surface area contributed by atoms with Crippen molar-refractivity contribution >= 4 is 0 Å². The summed E-state index contributed by atoms with van der Waals surface area (Å²) in [5.74, 6) is -0.890. The lowest BCUT2D eigenvalue weighted by Crippen LogP contribution is -2.18. The number of para-hydroxylation sites is 1. The van der Waals surface area contributed by atoms with Gasteiger partial charge in [0.25, 0.3) is 0 Å². The van der Waals surface area contributed by atoms with Crippen LogP contribution in [0, 0.1) is 11.6 Å². The predicted molar refractivity (Wildman–Crippen MR) is 75.0 cm³/mol. The Balaban J connectivity index is 2.26. The summed E-state index contributed by atoms with van der Waals surface area (Å²) >= 11 is 0. The molecule has 0 aromatic heterocycles. The molecule has 0 saturated carbocycles. The first-order valence-corrected chi connectivity index (χ1v) is 6.57. The van der Waals surface area contributed by atoms with Gasteiger partial charge in [0.15, 0.2) is 11.6 Å². The average molecular weight is 277 g/mol. The van der Waals surface area contributed by atoms with Gasteiger partial charge in [-0.15, -0.1) is 0 Å². The highest BCUT2D eigenvalue weighted by atomic mass is 19.2. The maximum Gasteiger partial charge on any atom is 0.162 e. The van der Waals surface area contributed by atoms with E-state index in [1.54, 1.807) is 0 Å². The lowest BCUT2D eigenvalue weighted by atomic mass is 10.1. The largest absolute Gasteiger partial charge is 0.457 e. The normalized spacial score (nSPS) is 12.2. The molecule has 0 aliphatic heterocycles. The number of hydrogen-bond donors (Lipinski definition) is 1. The molecule has 2 rings (SSSR count). The third-order valence-electron chi connectivity index (χ3n) is 3.01. The summed E-state index contributed by atoms with van der Waals surface area (Å²) in [6.45, 7) is 4.88.